The van der Waals surface area contributed by atoms with Crippen LogP contribution in [-0.4, -0.2) is 27.7 Å². The lowest BCUT2D eigenvalue weighted by Crippen LogP contribution is -2.29. The molecule has 1 aromatic carbocycles. The highest BCUT2D eigenvalue weighted by atomic mass is 16.5. The van der Waals surface area contributed by atoms with E-state index < -0.39 is 11.5 Å². The first-order chi connectivity index (χ1) is 11.6. The molecule has 7 heteroatoms. The fraction of sp³-hybridized carbons (Fsp3) is 0.118. The smallest absolute Gasteiger partial charge is 0.351 e. The van der Waals surface area contributed by atoms with Gasteiger partial charge >= 0.3 is 5.97 Å². The molecule has 0 atom stereocenters. The van der Waals surface area contributed by atoms with Gasteiger partial charge in [-0.15, -0.1) is 0 Å². The molecule has 1 N–H and O–H groups in total. The molecule has 1 heterocycles. The molecule has 1 aliphatic rings. The van der Waals surface area contributed by atoms with Gasteiger partial charge in [0.15, 0.2) is 17.0 Å². The van der Waals surface area contributed by atoms with Crippen LogP contribution in [0, 0.1) is 22.7 Å². The van der Waals surface area contributed by atoms with Crippen LogP contribution in [0.2, 0.25) is 0 Å². The molecular formula is C17H10N4O3. The number of aromatic nitrogens is 2. The van der Waals surface area contributed by atoms with Crippen LogP contribution in [0.25, 0.3) is 22.6 Å². The van der Waals surface area contributed by atoms with E-state index in [1.54, 1.807) is 43.3 Å². The Morgan fingerprint density at radius 2 is 1.96 bits per heavy atom. The summed E-state index contributed by atoms with van der Waals surface area (Å²) in [5, 5.41) is 28.8. The number of fused-ring (bicyclic) bond motifs is 3. The molecule has 0 radical (unpaired) electrons. The van der Waals surface area contributed by atoms with Gasteiger partial charge in [-0.3, -0.25) is 0 Å². The van der Waals surface area contributed by atoms with Gasteiger partial charge in [0.2, 0.25) is 0 Å². The fourth-order valence-corrected chi connectivity index (χ4v) is 2.46. The van der Waals surface area contributed by atoms with Crippen molar-refractivity contribution in [3.05, 3.63) is 46.2 Å². The van der Waals surface area contributed by atoms with E-state index in [9.17, 15) is 20.4 Å². The summed E-state index contributed by atoms with van der Waals surface area (Å²) in [7, 11) is 0. The van der Waals surface area contributed by atoms with Crippen LogP contribution in [-0.2, 0) is 9.53 Å². The summed E-state index contributed by atoms with van der Waals surface area (Å²) in [6.07, 6.45) is 0. The van der Waals surface area contributed by atoms with Crippen LogP contribution in [0.15, 0.2) is 24.3 Å². The van der Waals surface area contributed by atoms with Gasteiger partial charge in [0.25, 0.3) is 0 Å². The molecule has 0 bridgehead atoms. The standard InChI is InChI=1S/C17H10N4O3/c1-2-24-17(23)11(7-18)13-12(8-19)20-15-14(21-13)9-5-3-4-6-10(9)16(15)22/h3-6,22H,2H2,1H3/b13-11-. The highest BCUT2D eigenvalue weighted by Gasteiger charge is 2.24. The number of rotatable bonds is 2. The Morgan fingerprint density at radius 3 is 2.58 bits per heavy atom. The monoisotopic (exact) mass is 318 g/mol. The first-order valence-corrected chi connectivity index (χ1v) is 7.05. The number of nitrogens with zero attached hydrogens (tertiary/aromatic N) is 4. The molecular weight excluding hydrogens is 308 g/mol. The summed E-state index contributed by atoms with van der Waals surface area (Å²) < 4.78 is 4.83. The van der Waals surface area contributed by atoms with Crippen molar-refractivity contribution in [2.75, 3.05) is 6.61 Å². The minimum absolute atomic E-state index is 0.0850. The maximum Gasteiger partial charge on any atom is 0.351 e. The number of esters is 1. The van der Waals surface area contributed by atoms with Crippen molar-refractivity contribution in [1.29, 1.82) is 10.5 Å². The SMILES string of the molecule is CCOC(=O)/C(C#N)=c1\nc2c(nc1C#N)=C(O)c1ccccc1-2. The van der Waals surface area contributed by atoms with E-state index in [-0.39, 0.29) is 28.8 Å². The molecule has 2 aromatic rings. The Bertz CT molecular complexity index is 1070. The molecule has 0 saturated heterocycles. The molecule has 3 rings (SSSR count). The number of carbonyl (C=O) groups is 1. The van der Waals surface area contributed by atoms with Gasteiger partial charge in [-0.05, 0) is 6.92 Å². The average Bonchev–Trinajstić information content (AvgIpc) is 2.88. The number of hydrogen-bond donors (Lipinski definition) is 1. The Labute approximate surface area is 136 Å². The Kier molecular flexibility index (Phi) is 3.69. The quantitative estimate of drug-likeness (QED) is 0.790. The number of hydrogen-bond acceptors (Lipinski definition) is 7. The zero-order valence-corrected chi connectivity index (χ0v) is 12.6. The average molecular weight is 318 g/mol. The van der Waals surface area contributed by atoms with Gasteiger partial charge in [0, 0.05) is 11.1 Å². The molecule has 0 unspecified atom stereocenters. The van der Waals surface area contributed by atoms with Crippen LogP contribution >= 0.6 is 0 Å². The number of aliphatic hydroxyl groups is 1. The third kappa shape index (κ3) is 2.16. The Hall–Kier alpha value is -3.71. The summed E-state index contributed by atoms with van der Waals surface area (Å²) in [5.41, 5.74) is 0.840. The number of aliphatic hydroxyl groups excluding tert-OH is 1. The zero-order valence-electron chi connectivity index (χ0n) is 12.6. The summed E-state index contributed by atoms with van der Waals surface area (Å²) >= 11 is 0. The zero-order chi connectivity index (χ0) is 17.3. The van der Waals surface area contributed by atoms with Crippen LogP contribution in [0.1, 0.15) is 18.2 Å². The summed E-state index contributed by atoms with van der Waals surface area (Å²) in [6.45, 7) is 1.69. The highest BCUT2D eigenvalue weighted by molar-refractivity contribution is 6.15. The maximum atomic E-state index is 11.9. The number of nitriles is 2. The topological polar surface area (TPSA) is 120 Å². The van der Waals surface area contributed by atoms with Gasteiger partial charge in [0.1, 0.15) is 28.5 Å². The van der Waals surface area contributed by atoms with E-state index in [4.69, 9.17) is 4.74 Å². The Balaban J connectivity index is 2.42. The molecule has 0 spiro atoms. The molecule has 1 aromatic heterocycles. The predicted molar refractivity (Wildman–Crippen MR) is 82.2 cm³/mol. The van der Waals surface area contributed by atoms with Crippen LogP contribution in [0.5, 0.6) is 0 Å². The van der Waals surface area contributed by atoms with Gasteiger partial charge in [-0.25, -0.2) is 14.8 Å². The molecule has 7 nitrogen and oxygen atoms in total. The van der Waals surface area contributed by atoms with E-state index in [0.29, 0.717) is 16.8 Å². The second kappa shape index (κ2) is 5.82. The fourth-order valence-electron chi connectivity index (χ4n) is 2.46. The minimum Gasteiger partial charge on any atom is -0.505 e. The molecule has 0 aliphatic heterocycles. The lowest BCUT2D eigenvalue weighted by molar-refractivity contribution is -0.136. The van der Waals surface area contributed by atoms with Gasteiger partial charge in [0.05, 0.1) is 6.61 Å². The highest BCUT2D eigenvalue weighted by Crippen LogP contribution is 2.27. The van der Waals surface area contributed by atoms with E-state index in [1.807, 2.05) is 0 Å². The van der Waals surface area contributed by atoms with Crippen LogP contribution in [0.4, 0.5) is 0 Å². The first kappa shape index (κ1) is 15.2. The first-order valence-electron chi connectivity index (χ1n) is 7.05. The van der Waals surface area contributed by atoms with Crippen LogP contribution in [0.3, 0.4) is 0 Å². The van der Waals surface area contributed by atoms with Crippen molar-refractivity contribution >= 4 is 17.3 Å². The maximum absolute atomic E-state index is 11.9. The number of benzene rings is 1. The number of ether oxygens (including phenoxy) is 1. The molecule has 1 aliphatic carbocycles. The second-order valence-electron chi connectivity index (χ2n) is 4.83. The normalized spacial score (nSPS) is 12.5. The summed E-state index contributed by atoms with van der Waals surface area (Å²) in [5.74, 6) is -0.962. The third-order valence-corrected chi connectivity index (χ3v) is 3.49. The van der Waals surface area contributed by atoms with E-state index in [2.05, 4.69) is 9.97 Å². The van der Waals surface area contributed by atoms with Crippen molar-refractivity contribution in [2.24, 2.45) is 0 Å². The second-order valence-corrected chi connectivity index (χ2v) is 4.83. The van der Waals surface area contributed by atoms with Crippen molar-refractivity contribution in [3.8, 4) is 23.4 Å². The predicted octanol–water partition coefficient (Wildman–Crippen LogP) is 0.281. The van der Waals surface area contributed by atoms with E-state index >= 15 is 0 Å². The third-order valence-electron chi connectivity index (χ3n) is 3.49. The number of carbonyl (C=O) groups excluding carboxylic acids is 1. The minimum atomic E-state index is -0.870. The molecule has 24 heavy (non-hydrogen) atoms. The lowest BCUT2D eigenvalue weighted by atomic mass is 10.1. The van der Waals surface area contributed by atoms with Crippen molar-refractivity contribution in [3.63, 3.8) is 0 Å². The van der Waals surface area contributed by atoms with E-state index in [0.717, 1.165) is 0 Å². The largest absolute Gasteiger partial charge is 0.505 e. The van der Waals surface area contributed by atoms with Crippen molar-refractivity contribution < 1.29 is 14.6 Å². The van der Waals surface area contributed by atoms with Gasteiger partial charge < -0.3 is 9.84 Å². The molecule has 0 fully saturated rings. The van der Waals surface area contributed by atoms with E-state index in [1.165, 1.54) is 0 Å². The molecule has 116 valence electrons. The lowest BCUT2D eigenvalue weighted by Gasteiger charge is -2.02. The van der Waals surface area contributed by atoms with Crippen LogP contribution < -0.4 is 10.7 Å². The van der Waals surface area contributed by atoms with Crippen molar-refractivity contribution in [1.82, 2.24) is 9.97 Å². The van der Waals surface area contributed by atoms with Gasteiger partial charge in [-0.2, -0.15) is 10.5 Å². The van der Waals surface area contributed by atoms with Crippen molar-refractivity contribution in [2.45, 2.75) is 6.92 Å². The summed E-state index contributed by atoms with van der Waals surface area (Å²) in [4.78, 5) is 20.3. The Morgan fingerprint density at radius 1 is 1.25 bits per heavy atom. The summed E-state index contributed by atoms with van der Waals surface area (Å²) in [6, 6.07) is 10.5. The molecule has 0 amide bonds. The van der Waals surface area contributed by atoms with Gasteiger partial charge in [-0.1, -0.05) is 24.3 Å². The molecule has 0 saturated carbocycles.